The van der Waals surface area contributed by atoms with E-state index in [0.717, 1.165) is 17.1 Å². The van der Waals surface area contributed by atoms with Crippen LogP contribution in [0.25, 0.3) is 0 Å². The standard InChI is InChI=1S/C18H20ClNO3/c1-2-22-16-7-9-17(10-8-16)23-12-11-20-18(21)13-14-3-5-15(19)6-4-14/h3-10H,2,11-13H2,1H3,(H,20,21). The van der Waals surface area contributed by atoms with Gasteiger partial charge in [-0.3, -0.25) is 4.79 Å². The maximum atomic E-state index is 11.8. The van der Waals surface area contributed by atoms with E-state index in [1.165, 1.54) is 0 Å². The van der Waals surface area contributed by atoms with Crippen molar-refractivity contribution in [1.82, 2.24) is 5.32 Å². The fourth-order valence-corrected chi connectivity index (χ4v) is 2.13. The quantitative estimate of drug-likeness (QED) is 0.752. The minimum absolute atomic E-state index is 0.0392. The first-order valence-corrected chi connectivity index (χ1v) is 7.92. The molecular formula is C18H20ClNO3. The van der Waals surface area contributed by atoms with E-state index in [4.69, 9.17) is 21.1 Å². The first-order chi connectivity index (χ1) is 11.2. The molecule has 0 aliphatic carbocycles. The van der Waals surface area contributed by atoms with E-state index in [1.807, 2.05) is 43.3 Å². The van der Waals surface area contributed by atoms with E-state index in [-0.39, 0.29) is 5.91 Å². The van der Waals surface area contributed by atoms with Crippen LogP contribution in [0.15, 0.2) is 48.5 Å². The highest BCUT2D eigenvalue weighted by Crippen LogP contribution is 2.17. The molecule has 0 bridgehead atoms. The number of carbonyl (C=O) groups excluding carboxylic acids is 1. The molecule has 0 saturated carbocycles. The summed E-state index contributed by atoms with van der Waals surface area (Å²) in [5, 5.41) is 3.49. The lowest BCUT2D eigenvalue weighted by Gasteiger charge is -2.09. The zero-order valence-corrected chi connectivity index (χ0v) is 13.8. The van der Waals surface area contributed by atoms with Crippen molar-refractivity contribution in [3.63, 3.8) is 0 Å². The molecule has 0 saturated heterocycles. The molecule has 0 aliphatic heterocycles. The predicted molar refractivity (Wildman–Crippen MR) is 91.3 cm³/mol. The summed E-state index contributed by atoms with van der Waals surface area (Å²) in [6.07, 6.45) is 0.334. The maximum Gasteiger partial charge on any atom is 0.224 e. The zero-order valence-electron chi connectivity index (χ0n) is 13.0. The topological polar surface area (TPSA) is 47.6 Å². The second-order valence-corrected chi connectivity index (χ2v) is 5.34. The minimum Gasteiger partial charge on any atom is -0.494 e. The van der Waals surface area contributed by atoms with Crippen LogP contribution in [0.4, 0.5) is 0 Å². The van der Waals surface area contributed by atoms with Gasteiger partial charge in [-0.2, -0.15) is 0 Å². The first kappa shape index (κ1) is 17.2. The largest absolute Gasteiger partial charge is 0.494 e. The summed E-state index contributed by atoms with van der Waals surface area (Å²) < 4.78 is 10.9. The molecule has 0 unspecified atom stereocenters. The van der Waals surface area contributed by atoms with Gasteiger partial charge in [0, 0.05) is 5.02 Å². The van der Waals surface area contributed by atoms with Crippen molar-refractivity contribution < 1.29 is 14.3 Å². The normalized spacial score (nSPS) is 10.2. The number of hydrogen-bond acceptors (Lipinski definition) is 3. The van der Waals surface area contributed by atoms with Gasteiger partial charge in [0.15, 0.2) is 0 Å². The van der Waals surface area contributed by atoms with Gasteiger partial charge in [-0.1, -0.05) is 23.7 Å². The zero-order chi connectivity index (χ0) is 16.5. The molecule has 0 aromatic heterocycles. The monoisotopic (exact) mass is 333 g/mol. The Morgan fingerprint density at radius 3 is 2.22 bits per heavy atom. The van der Waals surface area contributed by atoms with Crippen LogP contribution >= 0.6 is 11.6 Å². The molecule has 1 amide bonds. The smallest absolute Gasteiger partial charge is 0.224 e. The Bertz CT molecular complexity index is 611. The number of ether oxygens (including phenoxy) is 2. The number of benzene rings is 2. The summed E-state index contributed by atoms with van der Waals surface area (Å²) in [5.74, 6) is 1.53. The highest BCUT2D eigenvalue weighted by molar-refractivity contribution is 6.30. The van der Waals surface area contributed by atoms with Gasteiger partial charge in [0.05, 0.1) is 19.6 Å². The molecule has 2 aromatic rings. The van der Waals surface area contributed by atoms with Crippen LogP contribution in [0, 0.1) is 0 Å². The SMILES string of the molecule is CCOc1ccc(OCCNC(=O)Cc2ccc(Cl)cc2)cc1. The van der Waals surface area contributed by atoms with Gasteiger partial charge >= 0.3 is 0 Å². The number of halogens is 1. The molecule has 1 N–H and O–H groups in total. The molecule has 0 fully saturated rings. The second-order valence-electron chi connectivity index (χ2n) is 4.91. The number of rotatable bonds is 8. The molecule has 0 aliphatic rings. The molecule has 4 nitrogen and oxygen atoms in total. The van der Waals surface area contributed by atoms with Gasteiger partial charge in [0.1, 0.15) is 18.1 Å². The fraction of sp³-hybridized carbons (Fsp3) is 0.278. The Hall–Kier alpha value is -2.20. The van der Waals surface area contributed by atoms with Gasteiger partial charge in [0.25, 0.3) is 0 Å². The Labute approximate surface area is 141 Å². The van der Waals surface area contributed by atoms with Crippen molar-refractivity contribution in [2.45, 2.75) is 13.3 Å². The summed E-state index contributed by atoms with van der Waals surface area (Å²) in [6.45, 7) is 3.46. The van der Waals surface area contributed by atoms with Gasteiger partial charge in [-0.15, -0.1) is 0 Å². The van der Waals surface area contributed by atoms with Crippen LogP contribution in [0.2, 0.25) is 5.02 Å². The maximum absolute atomic E-state index is 11.8. The van der Waals surface area contributed by atoms with Crippen molar-refractivity contribution in [2.75, 3.05) is 19.8 Å². The first-order valence-electron chi connectivity index (χ1n) is 7.54. The fourth-order valence-electron chi connectivity index (χ4n) is 2.01. The lowest BCUT2D eigenvalue weighted by atomic mass is 10.1. The van der Waals surface area contributed by atoms with Crippen LogP contribution < -0.4 is 14.8 Å². The van der Waals surface area contributed by atoms with Gasteiger partial charge in [-0.25, -0.2) is 0 Å². The van der Waals surface area contributed by atoms with Crippen molar-refractivity contribution in [3.05, 3.63) is 59.1 Å². The summed E-state index contributed by atoms with van der Waals surface area (Å²) in [4.78, 5) is 11.8. The van der Waals surface area contributed by atoms with E-state index in [9.17, 15) is 4.79 Å². The summed E-state index contributed by atoms with van der Waals surface area (Å²) in [6, 6.07) is 14.7. The summed E-state index contributed by atoms with van der Waals surface area (Å²) in [5.41, 5.74) is 0.930. The number of nitrogens with one attached hydrogen (secondary N) is 1. The third kappa shape index (κ3) is 6.20. The average molecular weight is 334 g/mol. The highest BCUT2D eigenvalue weighted by atomic mass is 35.5. The Kier molecular flexibility index (Phi) is 6.76. The molecule has 0 heterocycles. The molecule has 0 spiro atoms. The second kappa shape index (κ2) is 9.06. The van der Waals surface area contributed by atoms with E-state index < -0.39 is 0 Å². The Balaban J connectivity index is 1.66. The van der Waals surface area contributed by atoms with E-state index in [0.29, 0.717) is 31.2 Å². The number of carbonyl (C=O) groups is 1. The average Bonchev–Trinajstić information content (AvgIpc) is 2.55. The van der Waals surface area contributed by atoms with Crippen molar-refractivity contribution in [3.8, 4) is 11.5 Å². The molecule has 122 valence electrons. The summed E-state index contributed by atoms with van der Waals surface area (Å²) >= 11 is 5.81. The van der Waals surface area contributed by atoms with Gasteiger partial charge < -0.3 is 14.8 Å². The molecule has 0 radical (unpaired) electrons. The molecule has 23 heavy (non-hydrogen) atoms. The number of hydrogen-bond donors (Lipinski definition) is 1. The molecule has 5 heteroatoms. The lowest BCUT2D eigenvalue weighted by Crippen LogP contribution is -2.29. The van der Waals surface area contributed by atoms with E-state index in [1.54, 1.807) is 12.1 Å². The van der Waals surface area contributed by atoms with E-state index in [2.05, 4.69) is 5.32 Å². The lowest BCUT2D eigenvalue weighted by molar-refractivity contribution is -0.120. The van der Waals surface area contributed by atoms with E-state index >= 15 is 0 Å². The van der Waals surface area contributed by atoms with Gasteiger partial charge in [-0.05, 0) is 48.9 Å². The Morgan fingerprint density at radius 2 is 1.61 bits per heavy atom. The van der Waals surface area contributed by atoms with Crippen LogP contribution in [0.1, 0.15) is 12.5 Å². The Morgan fingerprint density at radius 1 is 1.00 bits per heavy atom. The van der Waals surface area contributed by atoms with Crippen LogP contribution in [0.3, 0.4) is 0 Å². The molecule has 0 atom stereocenters. The third-order valence-corrected chi connectivity index (χ3v) is 3.36. The minimum atomic E-state index is -0.0392. The van der Waals surface area contributed by atoms with Crippen molar-refractivity contribution in [1.29, 1.82) is 0 Å². The van der Waals surface area contributed by atoms with Crippen molar-refractivity contribution in [2.24, 2.45) is 0 Å². The number of amides is 1. The van der Waals surface area contributed by atoms with Crippen LogP contribution in [-0.2, 0) is 11.2 Å². The molecule has 2 aromatic carbocycles. The third-order valence-electron chi connectivity index (χ3n) is 3.11. The van der Waals surface area contributed by atoms with Crippen molar-refractivity contribution >= 4 is 17.5 Å². The molecule has 2 rings (SSSR count). The van der Waals surface area contributed by atoms with Crippen LogP contribution in [-0.4, -0.2) is 25.7 Å². The predicted octanol–water partition coefficient (Wildman–Crippen LogP) is 3.48. The molecular weight excluding hydrogens is 314 g/mol. The summed E-state index contributed by atoms with van der Waals surface area (Å²) in [7, 11) is 0. The van der Waals surface area contributed by atoms with Crippen LogP contribution in [0.5, 0.6) is 11.5 Å². The highest BCUT2D eigenvalue weighted by Gasteiger charge is 2.03. The van der Waals surface area contributed by atoms with Gasteiger partial charge in [0.2, 0.25) is 5.91 Å².